The minimum Gasteiger partial charge on any atom is -0.493 e. The number of rotatable bonds is 8. The van der Waals surface area contributed by atoms with E-state index < -0.39 is 29.6 Å². The summed E-state index contributed by atoms with van der Waals surface area (Å²) in [5.41, 5.74) is 0.582. The first kappa shape index (κ1) is 23.0. The summed E-state index contributed by atoms with van der Waals surface area (Å²) in [5, 5.41) is -0.547. The van der Waals surface area contributed by atoms with Gasteiger partial charge in [0.2, 0.25) is 0 Å². The molecular weight excluding hydrogens is 517 g/mol. The third kappa shape index (κ3) is 5.85. The molecule has 0 aromatic heterocycles. The monoisotopic (exact) mass is 535 g/mol. The van der Waals surface area contributed by atoms with Gasteiger partial charge >= 0.3 is 11.9 Å². The highest BCUT2D eigenvalue weighted by Crippen LogP contribution is 2.37. The van der Waals surface area contributed by atoms with Gasteiger partial charge in [-0.25, -0.2) is 4.79 Å². The molecule has 0 spiro atoms. The normalized spacial score (nSPS) is 14.9. The lowest BCUT2D eigenvalue weighted by molar-refractivity contribution is -0.146. The Hall–Kier alpha value is -2.28. The average molecular weight is 535 g/mol. The van der Waals surface area contributed by atoms with Gasteiger partial charge in [-0.2, -0.15) is 0 Å². The number of benzene rings is 1. The van der Waals surface area contributed by atoms with Crippen LogP contribution < -0.4 is 9.47 Å². The van der Waals surface area contributed by atoms with Crippen LogP contribution in [-0.4, -0.2) is 62.0 Å². The molecule has 2 rings (SSSR count). The molecule has 1 aliphatic heterocycles. The van der Waals surface area contributed by atoms with Crippen molar-refractivity contribution in [3.05, 3.63) is 26.2 Å². The average Bonchev–Trinajstić information content (AvgIpc) is 2.94. The summed E-state index contributed by atoms with van der Waals surface area (Å²) in [6.45, 7) is 1.08. The van der Waals surface area contributed by atoms with Crippen LogP contribution in [0.25, 0.3) is 6.08 Å². The number of halogens is 1. The number of hydrogen-bond donors (Lipinski definition) is 0. The van der Waals surface area contributed by atoms with Crippen LogP contribution in [0, 0.1) is 3.57 Å². The van der Waals surface area contributed by atoms with E-state index in [4.69, 9.17) is 14.2 Å². The number of amides is 2. The first-order chi connectivity index (χ1) is 13.8. The summed E-state index contributed by atoms with van der Waals surface area (Å²) in [6, 6.07) is 3.31. The van der Waals surface area contributed by atoms with Gasteiger partial charge in [0.25, 0.3) is 11.1 Å². The first-order valence-electron chi connectivity index (χ1n) is 8.28. The number of nitrogens with zero attached hydrogens (tertiary/aromatic N) is 1. The molecule has 156 valence electrons. The molecule has 2 amide bonds. The van der Waals surface area contributed by atoms with E-state index in [1.807, 2.05) is 22.6 Å². The van der Waals surface area contributed by atoms with E-state index in [0.29, 0.717) is 20.6 Å². The van der Waals surface area contributed by atoms with Crippen LogP contribution in [0.1, 0.15) is 12.5 Å². The number of carbonyl (C=O) groups is 4. The third-order valence-electron chi connectivity index (χ3n) is 3.58. The van der Waals surface area contributed by atoms with Gasteiger partial charge in [-0.3, -0.25) is 19.3 Å². The number of carbonyl (C=O) groups excluding carboxylic acids is 4. The van der Waals surface area contributed by atoms with Crippen LogP contribution in [0.2, 0.25) is 0 Å². The molecule has 0 atom stereocenters. The molecule has 11 heteroatoms. The number of methoxy groups -OCH3 is 2. The maximum Gasteiger partial charge on any atom is 0.343 e. The Morgan fingerprint density at radius 2 is 1.93 bits per heavy atom. The van der Waals surface area contributed by atoms with Crippen molar-refractivity contribution in [2.45, 2.75) is 6.92 Å². The zero-order chi connectivity index (χ0) is 21.6. The molecule has 1 aromatic carbocycles. The van der Waals surface area contributed by atoms with Gasteiger partial charge in [0, 0.05) is 0 Å². The Labute approximate surface area is 184 Å². The van der Waals surface area contributed by atoms with Crippen LogP contribution in [0.15, 0.2) is 17.0 Å². The predicted molar refractivity (Wildman–Crippen MR) is 113 cm³/mol. The molecule has 1 saturated heterocycles. The van der Waals surface area contributed by atoms with E-state index in [1.165, 1.54) is 20.3 Å². The van der Waals surface area contributed by atoms with Crippen molar-refractivity contribution >= 4 is 63.5 Å². The largest absolute Gasteiger partial charge is 0.493 e. The lowest BCUT2D eigenvalue weighted by Gasteiger charge is -2.13. The summed E-state index contributed by atoms with van der Waals surface area (Å²) >= 11 is 2.73. The highest BCUT2D eigenvalue weighted by molar-refractivity contribution is 14.1. The van der Waals surface area contributed by atoms with Crippen molar-refractivity contribution in [2.24, 2.45) is 0 Å². The van der Waals surface area contributed by atoms with E-state index >= 15 is 0 Å². The van der Waals surface area contributed by atoms with Gasteiger partial charge in [-0.15, -0.1) is 0 Å². The second-order valence-electron chi connectivity index (χ2n) is 5.47. The van der Waals surface area contributed by atoms with Gasteiger partial charge in [-0.05, 0) is 65.0 Å². The minimum absolute atomic E-state index is 0.160. The van der Waals surface area contributed by atoms with E-state index in [1.54, 1.807) is 19.1 Å². The van der Waals surface area contributed by atoms with Crippen LogP contribution in [0.5, 0.6) is 11.5 Å². The maximum absolute atomic E-state index is 12.5. The molecular formula is C18H18INO8S. The molecule has 1 fully saturated rings. The van der Waals surface area contributed by atoms with Crippen molar-refractivity contribution in [3.8, 4) is 11.5 Å². The summed E-state index contributed by atoms with van der Waals surface area (Å²) in [4.78, 5) is 48.4. The Morgan fingerprint density at radius 1 is 1.21 bits per heavy atom. The van der Waals surface area contributed by atoms with Crippen LogP contribution >= 0.6 is 34.4 Å². The number of imide groups is 1. The Balaban J connectivity index is 2.24. The molecule has 0 bridgehead atoms. The maximum atomic E-state index is 12.5. The van der Waals surface area contributed by atoms with E-state index in [-0.39, 0.29) is 18.1 Å². The molecule has 1 aliphatic rings. The highest BCUT2D eigenvalue weighted by Gasteiger charge is 2.36. The summed E-state index contributed by atoms with van der Waals surface area (Å²) in [7, 11) is 2.69. The van der Waals surface area contributed by atoms with Crippen LogP contribution in [-0.2, 0) is 23.9 Å². The highest BCUT2D eigenvalue weighted by atomic mass is 127. The second-order valence-corrected chi connectivity index (χ2v) is 7.63. The topological polar surface area (TPSA) is 108 Å². The summed E-state index contributed by atoms with van der Waals surface area (Å²) in [6.07, 6.45) is 1.52. The van der Waals surface area contributed by atoms with E-state index in [2.05, 4.69) is 4.74 Å². The van der Waals surface area contributed by atoms with Crippen molar-refractivity contribution in [1.82, 2.24) is 4.90 Å². The van der Waals surface area contributed by atoms with Gasteiger partial charge in [0.05, 0.1) is 29.3 Å². The lowest BCUT2D eigenvalue weighted by atomic mass is 10.2. The molecule has 0 radical (unpaired) electrons. The van der Waals surface area contributed by atoms with Gasteiger partial charge in [0.1, 0.15) is 6.54 Å². The number of hydrogen-bond acceptors (Lipinski definition) is 9. The van der Waals surface area contributed by atoms with Gasteiger partial charge in [-0.1, -0.05) is 0 Å². The molecule has 0 aliphatic carbocycles. The quantitative estimate of drug-likeness (QED) is 0.282. The second kappa shape index (κ2) is 10.5. The van der Waals surface area contributed by atoms with Crippen molar-refractivity contribution in [2.75, 3.05) is 34.0 Å². The molecule has 1 aromatic rings. The summed E-state index contributed by atoms with van der Waals surface area (Å²) in [5.74, 6) is -1.07. The Bertz CT molecular complexity index is 870. The number of esters is 2. The first-order valence-corrected chi connectivity index (χ1v) is 10.2. The molecule has 0 unspecified atom stereocenters. The molecule has 29 heavy (non-hydrogen) atoms. The fourth-order valence-electron chi connectivity index (χ4n) is 2.28. The molecule has 0 N–H and O–H groups in total. The zero-order valence-electron chi connectivity index (χ0n) is 15.9. The number of ether oxygens (including phenoxy) is 4. The standard InChI is InChI=1S/C18H18INO8S/c1-4-27-14(21)8-20-17(23)13(29-18(20)24)7-10-5-11(19)16(12(6-10)25-2)28-9-15(22)26-3/h5-7H,4,8-9H2,1-3H3/b13-7-. The van der Waals surface area contributed by atoms with Gasteiger partial charge < -0.3 is 18.9 Å². The minimum atomic E-state index is -0.653. The fourth-order valence-corrected chi connectivity index (χ4v) is 3.90. The molecule has 1 heterocycles. The van der Waals surface area contributed by atoms with E-state index in [9.17, 15) is 19.2 Å². The van der Waals surface area contributed by atoms with Crippen LogP contribution in [0.3, 0.4) is 0 Å². The molecule has 0 saturated carbocycles. The zero-order valence-corrected chi connectivity index (χ0v) is 18.8. The van der Waals surface area contributed by atoms with Crippen molar-refractivity contribution < 1.29 is 38.1 Å². The SMILES string of the molecule is CCOC(=O)CN1C(=O)S/C(=C\c2cc(I)c(OCC(=O)OC)c(OC)c2)C1=O. The summed E-state index contributed by atoms with van der Waals surface area (Å²) < 4.78 is 20.7. The van der Waals surface area contributed by atoms with Crippen molar-refractivity contribution in [3.63, 3.8) is 0 Å². The Kier molecular flexibility index (Phi) is 8.32. The fraction of sp³-hybridized carbons (Fsp3) is 0.333. The lowest BCUT2D eigenvalue weighted by Crippen LogP contribution is -2.34. The van der Waals surface area contributed by atoms with Crippen LogP contribution in [0.4, 0.5) is 4.79 Å². The number of thioether (sulfide) groups is 1. The Morgan fingerprint density at radius 3 is 2.55 bits per heavy atom. The van der Waals surface area contributed by atoms with Crippen molar-refractivity contribution in [1.29, 1.82) is 0 Å². The van der Waals surface area contributed by atoms with E-state index in [0.717, 1.165) is 16.7 Å². The smallest absolute Gasteiger partial charge is 0.343 e. The van der Waals surface area contributed by atoms with Gasteiger partial charge in [0.15, 0.2) is 18.1 Å². The predicted octanol–water partition coefficient (Wildman–Crippen LogP) is 2.45. The third-order valence-corrected chi connectivity index (χ3v) is 5.29. The molecule has 9 nitrogen and oxygen atoms in total.